The number of nitrogens with zero attached hydrogens (tertiary/aromatic N) is 2. The monoisotopic (exact) mass is 257 g/mol. The lowest BCUT2D eigenvalue weighted by Gasteiger charge is -2.07. The van der Waals surface area contributed by atoms with Gasteiger partial charge in [-0.25, -0.2) is 4.98 Å². The highest BCUT2D eigenvalue weighted by Crippen LogP contribution is 2.28. The van der Waals surface area contributed by atoms with Crippen molar-refractivity contribution in [2.75, 3.05) is 5.32 Å². The molecule has 18 heavy (non-hydrogen) atoms. The smallest absolute Gasteiger partial charge is 0.363 e. The Hall–Kier alpha value is -2.05. The number of halogens is 3. The van der Waals surface area contributed by atoms with Gasteiger partial charge in [0, 0.05) is 12.3 Å². The molecule has 0 aliphatic carbocycles. The highest BCUT2D eigenvalue weighted by atomic mass is 19.4. The van der Waals surface area contributed by atoms with Crippen molar-refractivity contribution in [2.45, 2.75) is 19.6 Å². The molecule has 2 rings (SSSR count). The highest BCUT2D eigenvalue weighted by molar-refractivity contribution is 5.36. The summed E-state index contributed by atoms with van der Waals surface area (Å²) in [5.74, 6) is 0.936. The lowest BCUT2D eigenvalue weighted by Crippen LogP contribution is -2.06. The van der Waals surface area contributed by atoms with Gasteiger partial charge in [0.25, 0.3) is 0 Å². The predicted molar refractivity (Wildman–Crippen MR) is 57.8 cm³/mol. The summed E-state index contributed by atoms with van der Waals surface area (Å²) in [6.07, 6.45) is -3.58. The van der Waals surface area contributed by atoms with Crippen molar-refractivity contribution in [1.82, 2.24) is 10.1 Å². The maximum Gasteiger partial charge on any atom is 0.417 e. The first-order valence-electron chi connectivity index (χ1n) is 5.14. The molecule has 0 radical (unpaired) electrons. The third-order valence-corrected chi connectivity index (χ3v) is 2.21. The fourth-order valence-corrected chi connectivity index (χ4v) is 1.34. The largest absolute Gasteiger partial charge is 0.417 e. The molecule has 0 aromatic carbocycles. The predicted octanol–water partition coefficient (Wildman–Crippen LogP) is 3.01. The number of hydrogen-bond acceptors (Lipinski definition) is 4. The molecule has 2 aromatic rings. The topological polar surface area (TPSA) is 51.0 Å². The summed E-state index contributed by atoms with van der Waals surface area (Å²) in [7, 11) is 0. The van der Waals surface area contributed by atoms with Crippen LogP contribution in [-0.4, -0.2) is 10.1 Å². The van der Waals surface area contributed by atoms with Crippen LogP contribution in [0.1, 0.15) is 17.0 Å². The number of pyridine rings is 1. The van der Waals surface area contributed by atoms with Gasteiger partial charge in [0.15, 0.2) is 5.76 Å². The molecule has 96 valence electrons. The summed E-state index contributed by atoms with van der Waals surface area (Å²) in [6, 6.07) is 3.98. The van der Waals surface area contributed by atoms with Gasteiger partial charge in [-0.2, -0.15) is 13.2 Å². The van der Waals surface area contributed by atoms with E-state index >= 15 is 0 Å². The zero-order valence-electron chi connectivity index (χ0n) is 9.45. The SMILES string of the molecule is Cc1cc(CNc2ccc(C(F)(F)F)cn2)on1. The van der Waals surface area contributed by atoms with E-state index in [1.54, 1.807) is 13.0 Å². The van der Waals surface area contributed by atoms with E-state index in [1.807, 2.05) is 0 Å². The van der Waals surface area contributed by atoms with Crippen molar-refractivity contribution < 1.29 is 17.7 Å². The number of hydrogen-bond donors (Lipinski definition) is 1. The molecule has 1 N–H and O–H groups in total. The zero-order valence-corrected chi connectivity index (χ0v) is 9.45. The molecule has 0 aliphatic heterocycles. The standard InChI is InChI=1S/C11H10F3N3O/c1-7-4-9(18-17-7)6-16-10-3-2-8(5-15-10)11(12,13)14/h2-5H,6H2,1H3,(H,15,16). The number of aryl methyl sites for hydroxylation is 1. The molecule has 0 fully saturated rings. The third kappa shape index (κ3) is 2.99. The Bertz CT molecular complexity index is 519. The zero-order chi connectivity index (χ0) is 13.2. The van der Waals surface area contributed by atoms with Crippen LogP contribution in [-0.2, 0) is 12.7 Å². The van der Waals surface area contributed by atoms with Crippen LogP contribution in [0.4, 0.5) is 19.0 Å². The highest BCUT2D eigenvalue weighted by Gasteiger charge is 2.30. The molecular formula is C11H10F3N3O. The molecule has 4 nitrogen and oxygen atoms in total. The van der Waals surface area contributed by atoms with E-state index in [0.29, 0.717) is 18.1 Å². The first kappa shape index (κ1) is 12.4. The van der Waals surface area contributed by atoms with Crippen molar-refractivity contribution in [2.24, 2.45) is 0 Å². The van der Waals surface area contributed by atoms with E-state index < -0.39 is 11.7 Å². The van der Waals surface area contributed by atoms with Crippen LogP contribution in [0.5, 0.6) is 0 Å². The van der Waals surface area contributed by atoms with E-state index in [-0.39, 0.29) is 0 Å². The second-order valence-electron chi connectivity index (χ2n) is 3.72. The molecule has 0 bridgehead atoms. The third-order valence-electron chi connectivity index (χ3n) is 2.21. The second kappa shape index (κ2) is 4.67. The Morgan fingerprint density at radius 3 is 2.61 bits per heavy atom. The number of nitrogens with one attached hydrogen (secondary N) is 1. The molecule has 0 saturated heterocycles. The molecule has 0 atom stereocenters. The Labute approximate surface area is 101 Å². The minimum Gasteiger partial charge on any atom is -0.363 e. The first-order chi connectivity index (χ1) is 8.45. The Morgan fingerprint density at radius 2 is 2.11 bits per heavy atom. The van der Waals surface area contributed by atoms with Gasteiger partial charge in [0.1, 0.15) is 5.82 Å². The number of aromatic nitrogens is 2. The number of rotatable bonds is 3. The van der Waals surface area contributed by atoms with Crippen molar-refractivity contribution in [1.29, 1.82) is 0 Å². The van der Waals surface area contributed by atoms with Crippen LogP contribution < -0.4 is 5.32 Å². The lowest BCUT2D eigenvalue weighted by atomic mass is 10.3. The fourth-order valence-electron chi connectivity index (χ4n) is 1.34. The quantitative estimate of drug-likeness (QED) is 0.918. The van der Waals surface area contributed by atoms with Crippen molar-refractivity contribution in [3.63, 3.8) is 0 Å². The molecule has 2 aromatic heterocycles. The van der Waals surface area contributed by atoms with Gasteiger partial charge in [-0.1, -0.05) is 5.16 Å². The minimum absolute atomic E-state index is 0.319. The van der Waals surface area contributed by atoms with Gasteiger partial charge in [-0.3, -0.25) is 0 Å². The minimum atomic E-state index is -4.37. The van der Waals surface area contributed by atoms with Gasteiger partial charge in [-0.15, -0.1) is 0 Å². The average molecular weight is 257 g/mol. The van der Waals surface area contributed by atoms with Crippen LogP contribution in [0.2, 0.25) is 0 Å². The van der Waals surface area contributed by atoms with Gasteiger partial charge in [0.05, 0.1) is 17.8 Å². The molecule has 0 saturated carbocycles. The van der Waals surface area contributed by atoms with Gasteiger partial charge < -0.3 is 9.84 Å². The van der Waals surface area contributed by atoms with Crippen LogP contribution >= 0.6 is 0 Å². The van der Waals surface area contributed by atoms with Crippen LogP contribution in [0.25, 0.3) is 0 Å². The van der Waals surface area contributed by atoms with E-state index in [4.69, 9.17) is 4.52 Å². The Kier molecular flexibility index (Phi) is 3.22. The average Bonchev–Trinajstić information content (AvgIpc) is 2.72. The summed E-state index contributed by atoms with van der Waals surface area (Å²) < 4.78 is 41.8. The number of anilines is 1. The molecular weight excluding hydrogens is 247 g/mol. The maximum atomic E-state index is 12.3. The van der Waals surface area contributed by atoms with Crippen LogP contribution in [0, 0.1) is 6.92 Å². The molecule has 0 amide bonds. The van der Waals surface area contributed by atoms with Crippen LogP contribution in [0.15, 0.2) is 28.9 Å². The van der Waals surface area contributed by atoms with Crippen molar-refractivity contribution >= 4 is 5.82 Å². The summed E-state index contributed by atoms with van der Waals surface area (Å²) in [5, 5.41) is 6.53. The van der Waals surface area contributed by atoms with Crippen molar-refractivity contribution in [3.05, 3.63) is 41.4 Å². The molecule has 0 unspecified atom stereocenters. The van der Waals surface area contributed by atoms with E-state index in [2.05, 4.69) is 15.5 Å². The summed E-state index contributed by atoms with van der Waals surface area (Å²) in [4.78, 5) is 3.67. The summed E-state index contributed by atoms with van der Waals surface area (Å²) in [6.45, 7) is 2.10. The van der Waals surface area contributed by atoms with Gasteiger partial charge in [0.2, 0.25) is 0 Å². The molecule has 2 heterocycles. The van der Waals surface area contributed by atoms with E-state index in [9.17, 15) is 13.2 Å². The number of alkyl halides is 3. The summed E-state index contributed by atoms with van der Waals surface area (Å²) >= 11 is 0. The molecule has 0 spiro atoms. The van der Waals surface area contributed by atoms with Crippen LogP contribution in [0.3, 0.4) is 0 Å². The van der Waals surface area contributed by atoms with E-state index in [0.717, 1.165) is 18.0 Å². The lowest BCUT2D eigenvalue weighted by molar-refractivity contribution is -0.137. The fraction of sp³-hybridized carbons (Fsp3) is 0.273. The first-order valence-corrected chi connectivity index (χ1v) is 5.14. The molecule has 0 aliphatic rings. The molecule has 7 heteroatoms. The Balaban J connectivity index is 1.98. The maximum absolute atomic E-state index is 12.3. The second-order valence-corrected chi connectivity index (χ2v) is 3.72. The summed E-state index contributed by atoms with van der Waals surface area (Å²) in [5.41, 5.74) is -0.0317. The van der Waals surface area contributed by atoms with Gasteiger partial charge >= 0.3 is 6.18 Å². The normalized spacial score (nSPS) is 11.6. The van der Waals surface area contributed by atoms with Gasteiger partial charge in [-0.05, 0) is 19.1 Å². The van der Waals surface area contributed by atoms with E-state index in [1.165, 1.54) is 6.07 Å². The van der Waals surface area contributed by atoms with Crippen molar-refractivity contribution in [3.8, 4) is 0 Å². The Morgan fingerprint density at radius 1 is 1.33 bits per heavy atom.